The quantitative estimate of drug-likeness (QED) is 0.532. The average molecular weight is 180 g/mol. The molecule has 2 heteroatoms. The summed E-state index contributed by atoms with van der Waals surface area (Å²) in [7, 11) is 1.52. The summed E-state index contributed by atoms with van der Waals surface area (Å²) in [6.45, 7) is 7.47. The molecular weight excluding hydrogens is 164 g/mol. The molecule has 0 unspecified atom stereocenters. The van der Waals surface area contributed by atoms with Crippen LogP contribution in [0.3, 0.4) is 0 Å². The zero-order valence-electron chi connectivity index (χ0n) is 8.37. The third kappa shape index (κ3) is 3.65. The Balaban J connectivity index is 4.70. The van der Waals surface area contributed by atoms with Gasteiger partial charge >= 0.3 is 0 Å². The molecule has 0 atom stereocenters. The lowest BCUT2D eigenvalue weighted by Gasteiger charge is -2.07. The second-order valence-electron chi connectivity index (χ2n) is 2.55. The van der Waals surface area contributed by atoms with Crippen molar-refractivity contribution >= 4 is 0 Å². The fraction of sp³-hybridized carbons (Fsp3) is 0.273. The molecule has 0 aliphatic heterocycles. The van der Waals surface area contributed by atoms with Crippen molar-refractivity contribution in [3.05, 3.63) is 48.0 Å². The van der Waals surface area contributed by atoms with Gasteiger partial charge in [0.05, 0.1) is 18.9 Å². The van der Waals surface area contributed by atoms with Gasteiger partial charge in [-0.25, -0.2) is 0 Å². The Morgan fingerprint density at radius 2 is 2.08 bits per heavy atom. The molecule has 0 radical (unpaired) electrons. The van der Waals surface area contributed by atoms with Crippen molar-refractivity contribution in [3.8, 4) is 0 Å². The van der Waals surface area contributed by atoms with Gasteiger partial charge in [0.2, 0.25) is 0 Å². The highest BCUT2D eigenvalue weighted by atomic mass is 16.5. The number of ether oxygens (including phenoxy) is 1. The van der Waals surface area contributed by atoms with Crippen LogP contribution in [0.2, 0.25) is 0 Å². The molecule has 0 bridgehead atoms. The number of hydrogen-bond donors (Lipinski definition) is 1. The predicted octanol–water partition coefficient (Wildman–Crippen LogP) is 3.11. The highest BCUT2D eigenvalue weighted by molar-refractivity contribution is 5.41. The third-order valence-electron chi connectivity index (χ3n) is 1.64. The number of hydrogen-bond acceptors (Lipinski definition) is 2. The maximum atomic E-state index is 8.93. The van der Waals surface area contributed by atoms with Crippen LogP contribution in [-0.2, 0) is 4.74 Å². The van der Waals surface area contributed by atoms with Gasteiger partial charge in [0.1, 0.15) is 5.76 Å². The van der Waals surface area contributed by atoms with Crippen LogP contribution in [0.4, 0.5) is 0 Å². The molecule has 0 rings (SSSR count). The van der Waals surface area contributed by atoms with E-state index < -0.39 is 0 Å². The van der Waals surface area contributed by atoms with E-state index in [9.17, 15) is 0 Å². The molecule has 0 aromatic rings. The standard InChI is InChI=1S/C11H16O2/c1-5-6-7-9(2)11(8-12)10(3)13-4/h5-8,12H,3H2,1-2,4H3/b6-5-,9-7-,11-8-. The first-order chi connectivity index (χ1) is 6.17. The lowest BCUT2D eigenvalue weighted by molar-refractivity contribution is 0.300. The maximum Gasteiger partial charge on any atom is 0.122 e. The number of methoxy groups -OCH3 is 1. The normalized spacial score (nSPS) is 13.5. The smallest absolute Gasteiger partial charge is 0.122 e. The van der Waals surface area contributed by atoms with Gasteiger partial charge in [-0.3, -0.25) is 0 Å². The summed E-state index contributed by atoms with van der Waals surface area (Å²) in [5.74, 6) is 0.459. The van der Waals surface area contributed by atoms with Gasteiger partial charge < -0.3 is 9.84 Å². The molecule has 2 nitrogen and oxygen atoms in total. The lowest BCUT2D eigenvalue weighted by Crippen LogP contribution is -1.92. The van der Waals surface area contributed by atoms with Crippen molar-refractivity contribution in [1.82, 2.24) is 0 Å². The van der Waals surface area contributed by atoms with Crippen molar-refractivity contribution < 1.29 is 9.84 Å². The Hall–Kier alpha value is -1.44. The van der Waals surface area contributed by atoms with Crippen LogP contribution in [0, 0.1) is 0 Å². The van der Waals surface area contributed by atoms with Gasteiger partial charge in [0, 0.05) is 0 Å². The minimum Gasteiger partial charge on any atom is -0.515 e. The molecule has 0 aliphatic rings. The molecule has 0 spiro atoms. The Kier molecular flexibility index (Phi) is 5.44. The van der Waals surface area contributed by atoms with Crippen LogP contribution in [-0.4, -0.2) is 12.2 Å². The third-order valence-corrected chi connectivity index (χ3v) is 1.64. The second-order valence-corrected chi connectivity index (χ2v) is 2.55. The second kappa shape index (κ2) is 6.12. The van der Waals surface area contributed by atoms with E-state index >= 15 is 0 Å². The molecule has 0 fully saturated rings. The molecule has 13 heavy (non-hydrogen) atoms. The number of allylic oxidation sites excluding steroid dienone is 4. The van der Waals surface area contributed by atoms with Crippen LogP contribution in [0.5, 0.6) is 0 Å². The van der Waals surface area contributed by atoms with Crippen molar-refractivity contribution in [2.45, 2.75) is 13.8 Å². The van der Waals surface area contributed by atoms with Gasteiger partial charge in [-0.1, -0.05) is 24.8 Å². The molecule has 0 amide bonds. The minimum atomic E-state index is 0.459. The zero-order valence-corrected chi connectivity index (χ0v) is 8.37. The molecule has 0 aromatic heterocycles. The number of rotatable bonds is 4. The van der Waals surface area contributed by atoms with Crippen LogP contribution >= 0.6 is 0 Å². The first kappa shape index (κ1) is 11.6. The summed E-state index contributed by atoms with van der Waals surface area (Å²) in [4.78, 5) is 0. The van der Waals surface area contributed by atoms with E-state index in [-0.39, 0.29) is 0 Å². The van der Waals surface area contributed by atoms with Gasteiger partial charge in [0.15, 0.2) is 0 Å². The Bertz CT molecular complexity index is 257. The van der Waals surface area contributed by atoms with E-state index in [0.717, 1.165) is 11.8 Å². The summed E-state index contributed by atoms with van der Waals surface area (Å²) in [5.41, 5.74) is 1.52. The molecule has 0 saturated heterocycles. The summed E-state index contributed by atoms with van der Waals surface area (Å²) in [5, 5.41) is 8.93. The molecular formula is C11H16O2. The summed E-state index contributed by atoms with van der Waals surface area (Å²) < 4.78 is 4.92. The van der Waals surface area contributed by atoms with E-state index in [1.54, 1.807) is 0 Å². The average Bonchev–Trinajstić information content (AvgIpc) is 2.15. The zero-order chi connectivity index (χ0) is 10.3. The van der Waals surface area contributed by atoms with E-state index in [2.05, 4.69) is 6.58 Å². The Morgan fingerprint density at radius 1 is 1.46 bits per heavy atom. The highest BCUT2D eigenvalue weighted by Crippen LogP contribution is 2.17. The van der Waals surface area contributed by atoms with Crippen molar-refractivity contribution in [2.75, 3.05) is 7.11 Å². The van der Waals surface area contributed by atoms with Crippen molar-refractivity contribution in [1.29, 1.82) is 0 Å². The first-order valence-electron chi connectivity index (χ1n) is 4.05. The largest absolute Gasteiger partial charge is 0.515 e. The van der Waals surface area contributed by atoms with Crippen molar-refractivity contribution in [2.24, 2.45) is 0 Å². The molecule has 1 N–H and O–H groups in total. The molecule has 0 aliphatic carbocycles. The van der Waals surface area contributed by atoms with Crippen molar-refractivity contribution in [3.63, 3.8) is 0 Å². The van der Waals surface area contributed by atoms with E-state index in [1.165, 1.54) is 7.11 Å². The molecule has 0 heterocycles. The summed E-state index contributed by atoms with van der Waals surface area (Å²) in [6, 6.07) is 0. The lowest BCUT2D eigenvalue weighted by atomic mass is 10.1. The fourth-order valence-corrected chi connectivity index (χ4v) is 0.834. The van der Waals surface area contributed by atoms with Crippen LogP contribution in [0.1, 0.15) is 13.8 Å². The summed E-state index contributed by atoms with van der Waals surface area (Å²) in [6.07, 6.45) is 6.68. The SMILES string of the molecule is C=C(OC)C(=C\O)/C(C)=C\C=C/C. The molecule has 72 valence electrons. The number of aliphatic hydroxyl groups excluding tert-OH is 1. The first-order valence-corrected chi connectivity index (χ1v) is 4.05. The van der Waals surface area contributed by atoms with Crippen LogP contribution < -0.4 is 0 Å². The van der Waals surface area contributed by atoms with Crippen LogP contribution in [0.15, 0.2) is 48.0 Å². The van der Waals surface area contributed by atoms with Gasteiger partial charge in [0.25, 0.3) is 0 Å². The van der Waals surface area contributed by atoms with Crippen LogP contribution in [0.25, 0.3) is 0 Å². The minimum absolute atomic E-state index is 0.459. The van der Waals surface area contributed by atoms with E-state index in [0.29, 0.717) is 11.3 Å². The van der Waals surface area contributed by atoms with E-state index in [1.807, 2.05) is 32.1 Å². The predicted molar refractivity (Wildman–Crippen MR) is 55.4 cm³/mol. The van der Waals surface area contributed by atoms with E-state index in [4.69, 9.17) is 9.84 Å². The topological polar surface area (TPSA) is 29.5 Å². The Morgan fingerprint density at radius 3 is 2.46 bits per heavy atom. The highest BCUT2D eigenvalue weighted by Gasteiger charge is 2.03. The van der Waals surface area contributed by atoms with Gasteiger partial charge in [-0.05, 0) is 19.4 Å². The Labute approximate surface area is 79.5 Å². The molecule has 0 aromatic carbocycles. The van der Waals surface area contributed by atoms with Gasteiger partial charge in [-0.2, -0.15) is 0 Å². The van der Waals surface area contributed by atoms with Gasteiger partial charge in [-0.15, -0.1) is 0 Å². The maximum absolute atomic E-state index is 8.93. The fourth-order valence-electron chi connectivity index (χ4n) is 0.834. The monoisotopic (exact) mass is 180 g/mol. The number of aliphatic hydroxyl groups is 1. The molecule has 0 saturated carbocycles. The summed E-state index contributed by atoms with van der Waals surface area (Å²) >= 11 is 0.